The van der Waals surface area contributed by atoms with Crippen LogP contribution in [0.1, 0.15) is 19.3 Å². The van der Waals surface area contributed by atoms with Crippen molar-refractivity contribution in [1.82, 2.24) is 5.32 Å². The van der Waals surface area contributed by atoms with E-state index in [4.69, 9.17) is 0 Å². The SMILES string of the molecule is O=C1N[C@H]2C1[C@@H]1CC[C@H]2C1. The Hall–Kier alpha value is -0.530. The quantitative estimate of drug-likeness (QED) is 0.485. The topological polar surface area (TPSA) is 29.1 Å². The van der Waals surface area contributed by atoms with Gasteiger partial charge in [-0.25, -0.2) is 0 Å². The Bertz CT molecular complexity index is 199. The summed E-state index contributed by atoms with van der Waals surface area (Å²) in [6.45, 7) is 0. The van der Waals surface area contributed by atoms with Gasteiger partial charge in [0, 0.05) is 6.04 Å². The molecule has 0 aromatic heterocycles. The fraction of sp³-hybridized carbons (Fsp3) is 0.875. The van der Waals surface area contributed by atoms with Crippen molar-refractivity contribution in [2.24, 2.45) is 17.8 Å². The lowest BCUT2D eigenvalue weighted by atomic mass is 9.78. The van der Waals surface area contributed by atoms with Crippen LogP contribution in [-0.4, -0.2) is 11.9 Å². The summed E-state index contributed by atoms with van der Waals surface area (Å²) in [4.78, 5) is 11.0. The lowest BCUT2D eigenvalue weighted by Crippen LogP contribution is -2.60. The molecule has 2 nitrogen and oxygen atoms in total. The van der Waals surface area contributed by atoms with E-state index in [1.165, 1.54) is 19.3 Å². The summed E-state index contributed by atoms with van der Waals surface area (Å²) in [7, 11) is 0. The highest BCUT2D eigenvalue weighted by molar-refractivity contribution is 5.87. The third-order valence-corrected chi connectivity index (χ3v) is 3.53. The van der Waals surface area contributed by atoms with E-state index in [-0.39, 0.29) is 0 Å². The maximum atomic E-state index is 11.0. The van der Waals surface area contributed by atoms with Crippen LogP contribution in [0.5, 0.6) is 0 Å². The molecule has 10 heavy (non-hydrogen) atoms. The molecule has 3 aliphatic rings. The van der Waals surface area contributed by atoms with E-state index < -0.39 is 0 Å². The van der Waals surface area contributed by atoms with Crippen molar-refractivity contribution < 1.29 is 4.79 Å². The Morgan fingerprint density at radius 1 is 1.30 bits per heavy atom. The Balaban J connectivity index is 1.95. The van der Waals surface area contributed by atoms with Crippen molar-refractivity contribution in [2.75, 3.05) is 0 Å². The molecule has 3 rings (SSSR count). The molecule has 1 amide bonds. The van der Waals surface area contributed by atoms with Crippen LogP contribution < -0.4 is 5.32 Å². The molecule has 1 saturated heterocycles. The lowest BCUT2D eigenvalue weighted by Gasteiger charge is -2.39. The fourth-order valence-electron chi connectivity index (χ4n) is 3.04. The van der Waals surface area contributed by atoms with E-state index in [2.05, 4.69) is 5.32 Å². The van der Waals surface area contributed by atoms with E-state index in [1.54, 1.807) is 0 Å². The number of hydrogen-bond donors (Lipinski definition) is 1. The van der Waals surface area contributed by atoms with Crippen molar-refractivity contribution >= 4 is 5.91 Å². The maximum absolute atomic E-state index is 11.0. The van der Waals surface area contributed by atoms with E-state index in [0.717, 1.165) is 11.8 Å². The van der Waals surface area contributed by atoms with Crippen LogP contribution in [0.4, 0.5) is 0 Å². The highest BCUT2D eigenvalue weighted by Crippen LogP contribution is 2.51. The second-order valence-electron chi connectivity index (χ2n) is 3.89. The number of rotatable bonds is 0. The first-order valence-electron chi connectivity index (χ1n) is 4.16. The molecule has 0 aromatic rings. The molecule has 1 unspecified atom stereocenters. The zero-order chi connectivity index (χ0) is 6.72. The zero-order valence-electron chi connectivity index (χ0n) is 5.84. The first-order chi connectivity index (χ1) is 4.86. The summed E-state index contributed by atoms with van der Waals surface area (Å²) in [6.07, 6.45) is 4.01. The standard InChI is InChI=1S/C8H11NO/c10-8-6-4-1-2-5(3-4)7(6)9-8/h4-7H,1-3H2,(H,9,10)/t4-,5+,6?,7-/m1/s1. The number of carbonyl (C=O) groups is 1. The minimum absolute atomic E-state index is 0.331. The molecule has 2 aliphatic carbocycles. The van der Waals surface area contributed by atoms with Gasteiger partial charge in [0.25, 0.3) is 0 Å². The molecule has 2 bridgehead atoms. The van der Waals surface area contributed by atoms with Gasteiger partial charge in [-0.1, -0.05) is 0 Å². The van der Waals surface area contributed by atoms with Gasteiger partial charge in [0.1, 0.15) is 0 Å². The second-order valence-corrected chi connectivity index (χ2v) is 3.89. The Labute approximate surface area is 60.0 Å². The van der Waals surface area contributed by atoms with Crippen molar-refractivity contribution in [3.05, 3.63) is 0 Å². The predicted molar refractivity (Wildman–Crippen MR) is 36.3 cm³/mol. The summed E-state index contributed by atoms with van der Waals surface area (Å²) >= 11 is 0. The molecule has 1 aliphatic heterocycles. The highest BCUT2D eigenvalue weighted by Gasteiger charge is 2.57. The molecule has 1 heterocycles. The summed E-state index contributed by atoms with van der Waals surface area (Å²) in [6, 6.07) is 0.603. The summed E-state index contributed by atoms with van der Waals surface area (Å²) in [5.74, 6) is 2.40. The van der Waals surface area contributed by atoms with Crippen molar-refractivity contribution in [1.29, 1.82) is 0 Å². The van der Waals surface area contributed by atoms with Gasteiger partial charge in [-0.05, 0) is 31.1 Å². The van der Waals surface area contributed by atoms with Crippen LogP contribution >= 0.6 is 0 Å². The minimum Gasteiger partial charge on any atom is -0.352 e. The Morgan fingerprint density at radius 3 is 2.70 bits per heavy atom. The summed E-state index contributed by atoms with van der Waals surface area (Å²) in [5.41, 5.74) is 0. The predicted octanol–water partition coefficient (Wildman–Crippen LogP) is 0.531. The normalized spacial score (nSPS) is 55.8. The fourth-order valence-corrected chi connectivity index (χ4v) is 3.04. The van der Waals surface area contributed by atoms with Gasteiger partial charge in [0.15, 0.2) is 0 Å². The van der Waals surface area contributed by atoms with E-state index >= 15 is 0 Å². The highest BCUT2D eigenvalue weighted by atomic mass is 16.2. The average Bonchev–Trinajstić information content (AvgIpc) is 2.40. The van der Waals surface area contributed by atoms with Crippen molar-refractivity contribution in [2.45, 2.75) is 25.3 Å². The van der Waals surface area contributed by atoms with Crippen LogP contribution in [0.25, 0.3) is 0 Å². The minimum atomic E-state index is 0.331. The zero-order valence-corrected chi connectivity index (χ0v) is 5.84. The number of carbonyl (C=O) groups excluding carboxylic acids is 1. The monoisotopic (exact) mass is 137 g/mol. The third kappa shape index (κ3) is 0.386. The van der Waals surface area contributed by atoms with Crippen LogP contribution in [0.2, 0.25) is 0 Å². The van der Waals surface area contributed by atoms with E-state index in [9.17, 15) is 4.79 Å². The molecular formula is C8H11NO. The summed E-state index contributed by atoms with van der Waals surface area (Å²) < 4.78 is 0. The van der Waals surface area contributed by atoms with Crippen LogP contribution in [0.3, 0.4) is 0 Å². The smallest absolute Gasteiger partial charge is 0.225 e. The molecular weight excluding hydrogens is 126 g/mol. The van der Waals surface area contributed by atoms with Gasteiger partial charge in [0.05, 0.1) is 5.92 Å². The third-order valence-electron chi connectivity index (χ3n) is 3.53. The Morgan fingerprint density at radius 2 is 2.10 bits per heavy atom. The molecule has 0 spiro atoms. The molecule has 3 fully saturated rings. The van der Waals surface area contributed by atoms with Crippen LogP contribution in [-0.2, 0) is 4.79 Å². The van der Waals surface area contributed by atoms with Gasteiger partial charge in [-0.3, -0.25) is 4.79 Å². The number of nitrogens with one attached hydrogen (secondary N) is 1. The number of amides is 1. The molecule has 4 atom stereocenters. The molecule has 2 saturated carbocycles. The van der Waals surface area contributed by atoms with Crippen LogP contribution in [0, 0.1) is 17.8 Å². The summed E-state index contributed by atoms with van der Waals surface area (Å²) in [5, 5.41) is 3.00. The average molecular weight is 137 g/mol. The van der Waals surface area contributed by atoms with Gasteiger partial charge in [-0.2, -0.15) is 0 Å². The molecule has 0 aromatic carbocycles. The number of fused-ring (bicyclic) bond motifs is 5. The first-order valence-corrected chi connectivity index (χ1v) is 4.16. The number of β-lactam (4-membered cyclic amide) rings is 1. The van der Waals surface area contributed by atoms with Crippen molar-refractivity contribution in [3.8, 4) is 0 Å². The largest absolute Gasteiger partial charge is 0.352 e. The molecule has 1 N–H and O–H groups in total. The maximum Gasteiger partial charge on any atom is 0.225 e. The van der Waals surface area contributed by atoms with Crippen molar-refractivity contribution in [3.63, 3.8) is 0 Å². The van der Waals surface area contributed by atoms with Gasteiger partial charge >= 0.3 is 0 Å². The lowest BCUT2D eigenvalue weighted by molar-refractivity contribution is -0.137. The Kier molecular flexibility index (Phi) is 0.715. The van der Waals surface area contributed by atoms with Crippen LogP contribution in [0.15, 0.2) is 0 Å². The van der Waals surface area contributed by atoms with Gasteiger partial charge in [-0.15, -0.1) is 0 Å². The van der Waals surface area contributed by atoms with Gasteiger partial charge < -0.3 is 5.32 Å². The van der Waals surface area contributed by atoms with E-state index in [0.29, 0.717) is 17.9 Å². The van der Waals surface area contributed by atoms with E-state index in [1.807, 2.05) is 0 Å². The van der Waals surface area contributed by atoms with Gasteiger partial charge in [0.2, 0.25) is 5.91 Å². The molecule has 0 radical (unpaired) electrons. The number of hydrogen-bond acceptors (Lipinski definition) is 1. The molecule has 2 heteroatoms. The first kappa shape index (κ1) is 5.16. The second kappa shape index (κ2) is 1.39. The molecule has 54 valence electrons.